The molecule has 1 aromatic rings. The average Bonchev–Trinajstić information content (AvgIpc) is 2.32. The summed E-state index contributed by atoms with van der Waals surface area (Å²) in [6, 6.07) is 7.24. The molecule has 100 valence electrons. The molecule has 0 bridgehead atoms. The zero-order valence-electron chi connectivity index (χ0n) is 10.9. The van der Waals surface area contributed by atoms with Crippen LogP contribution in [-0.2, 0) is 11.2 Å². The first kappa shape index (κ1) is 15.0. The molecule has 4 heteroatoms. The molecular weight excluding hydrogens is 250 g/mol. The minimum atomic E-state index is -0.335. The van der Waals surface area contributed by atoms with Gasteiger partial charge in [0.15, 0.2) is 0 Å². The average molecular weight is 270 g/mol. The van der Waals surface area contributed by atoms with E-state index in [1.54, 1.807) is 12.1 Å². The topological polar surface area (TPSA) is 49.3 Å². The van der Waals surface area contributed by atoms with Gasteiger partial charge in [-0.05, 0) is 37.5 Å². The molecule has 0 saturated carbocycles. The standard InChI is InChI=1S/C14H20ClNO2/c1-3-14(2,8-9-17)16-13(18)10-11-4-6-12(15)7-5-11/h4-7,17H,3,8-10H2,1-2H3,(H,16,18). The van der Waals surface area contributed by atoms with E-state index in [-0.39, 0.29) is 18.1 Å². The van der Waals surface area contributed by atoms with E-state index in [0.717, 1.165) is 12.0 Å². The van der Waals surface area contributed by atoms with E-state index in [9.17, 15) is 4.79 Å². The summed E-state index contributed by atoms with van der Waals surface area (Å²) in [6.45, 7) is 4.02. The maximum absolute atomic E-state index is 11.9. The molecule has 0 saturated heterocycles. The summed E-state index contributed by atoms with van der Waals surface area (Å²) in [7, 11) is 0. The third-order valence-electron chi connectivity index (χ3n) is 3.16. The fourth-order valence-corrected chi connectivity index (χ4v) is 1.87. The van der Waals surface area contributed by atoms with Gasteiger partial charge < -0.3 is 10.4 Å². The third-order valence-corrected chi connectivity index (χ3v) is 3.42. The van der Waals surface area contributed by atoms with E-state index in [1.807, 2.05) is 26.0 Å². The summed E-state index contributed by atoms with van der Waals surface area (Å²) in [5.41, 5.74) is 0.595. The van der Waals surface area contributed by atoms with Crippen LogP contribution in [0, 0.1) is 0 Å². The number of aliphatic hydroxyl groups is 1. The lowest BCUT2D eigenvalue weighted by Crippen LogP contribution is -2.46. The Hall–Kier alpha value is -1.06. The van der Waals surface area contributed by atoms with Crippen LogP contribution in [0.4, 0.5) is 0 Å². The normalized spacial score (nSPS) is 14.0. The van der Waals surface area contributed by atoms with Crippen molar-refractivity contribution in [2.45, 2.75) is 38.6 Å². The Morgan fingerprint density at radius 3 is 2.50 bits per heavy atom. The Morgan fingerprint density at radius 2 is 2.00 bits per heavy atom. The molecule has 1 unspecified atom stereocenters. The second-order valence-corrected chi connectivity index (χ2v) is 5.18. The first-order chi connectivity index (χ1) is 8.49. The summed E-state index contributed by atoms with van der Waals surface area (Å²) < 4.78 is 0. The van der Waals surface area contributed by atoms with Gasteiger partial charge in [0.2, 0.25) is 5.91 Å². The van der Waals surface area contributed by atoms with Crippen molar-refractivity contribution in [2.24, 2.45) is 0 Å². The van der Waals surface area contributed by atoms with Crippen LogP contribution in [0.15, 0.2) is 24.3 Å². The molecule has 18 heavy (non-hydrogen) atoms. The SMILES string of the molecule is CCC(C)(CCO)NC(=O)Cc1ccc(Cl)cc1. The van der Waals surface area contributed by atoms with Crippen LogP contribution in [-0.4, -0.2) is 23.2 Å². The number of carbonyl (C=O) groups excluding carboxylic acids is 1. The van der Waals surface area contributed by atoms with Crippen LogP contribution in [0.1, 0.15) is 32.3 Å². The van der Waals surface area contributed by atoms with Crippen LogP contribution < -0.4 is 5.32 Å². The van der Waals surface area contributed by atoms with Crippen molar-refractivity contribution < 1.29 is 9.90 Å². The largest absolute Gasteiger partial charge is 0.396 e. The molecule has 0 aliphatic carbocycles. The van der Waals surface area contributed by atoms with Crippen molar-refractivity contribution in [3.63, 3.8) is 0 Å². The van der Waals surface area contributed by atoms with Crippen molar-refractivity contribution in [1.82, 2.24) is 5.32 Å². The summed E-state index contributed by atoms with van der Waals surface area (Å²) in [4.78, 5) is 11.9. The molecule has 1 rings (SSSR count). The Bertz CT molecular complexity index is 391. The van der Waals surface area contributed by atoms with Gasteiger partial charge in [-0.15, -0.1) is 0 Å². The van der Waals surface area contributed by atoms with E-state index in [2.05, 4.69) is 5.32 Å². The smallest absolute Gasteiger partial charge is 0.224 e. The Balaban J connectivity index is 2.58. The molecule has 1 amide bonds. The monoisotopic (exact) mass is 269 g/mol. The molecular formula is C14H20ClNO2. The fraction of sp³-hybridized carbons (Fsp3) is 0.500. The van der Waals surface area contributed by atoms with Crippen molar-refractivity contribution in [1.29, 1.82) is 0 Å². The minimum absolute atomic E-state index is 0.0323. The predicted octanol–water partition coefficient (Wildman–Crippen LogP) is 2.55. The first-order valence-electron chi connectivity index (χ1n) is 6.15. The van der Waals surface area contributed by atoms with E-state index < -0.39 is 0 Å². The number of amides is 1. The molecule has 3 nitrogen and oxygen atoms in total. The van der Waals surface area contributed by atoms with Crippen LogP contribution in [0.5, 0.6) is 0 Å². The van der Waals surface area contributed by atoms with Crippen molar-refractivity contribution in [3.8, 4) is 0 Å². The Kier molecular flexibility index (Phi) is 5.63. The van der Waals surface area contributed by atoms with Crippen molar-refractivity contribution in [2.75, 3.05) is 6.61 Å². The lowest BCUT2D eigenvalue weighted by molar-refractivity contribution is -0.122. The van der Waals surface area contributed by atoms with Gasteiger partial charge in [0.1, 0.15) is 0 Å². The van der Waals surface area contributed by atoms with Crippen LogP contribution in [0.25, 0.3) is 0 Å². The number of carbonyl (C=O) groups is 1. The Morgan fingerprint density at radius 1 is 1.39 bits per heavy atom. The summed E-state index contributed by atoms with van der Waals surface area (Å²) >= 11 is 5.79. The number of rotatable bonds is 6. The number of halogens is 1. The number of hydrogen-bond acceptors (Lipinski definition) is 2. The van der Waals surface area contributed by atoms with E-state index >= 15 is 0 Å². The van der Waals surface area contributed by atoms with Gasteiger partial charge >= 0.3 is 0 Å². The second-order valence-electron chi connectivity index (χ2n) is 4.74. The van der Waals surface area contributed by atoms with Gasteiger partial charge in [-0.2, -0.15) is 0 Å². The molecule has 0 aliphatic rings. The van der Waals surface area contributed by atoms with Gasteiger partial charge in [-0.1, -0.05) is 30.7 Å². The lowest BCUT2D eigenvalue weighted by atomic mass is 9.94. The van der Waals surface area contributed by atoms with Gasteiger partial charge in [-0.3, -0.25) is 4.79 Å². The molecule has 0 aliphatic heterocycles. The lowest BCUT2D eigenvalue weighted by Gasteiger charge is -2.29. The molecule has 0 aromatic heterocycles. The summed E-state index contributed by atoms with van der Waals surface area (Å²) in [5.74, 6) is -0.0323. The maximum atomic E-state index is 11.9. The van der Waals surface area contributed by atoms with Gasteiger partial charge in [0, 0.05) is 17.2 Å². The molecule has 0 radical (unpaired) electrons. The molecule has 2 N–H and O–H groups in total. The second kappa shape index (κ2) is 6.76. The van der Waals surface area contributed by atoms with E-state index in [4.69, 9.17) is 16.7 Å². The van der Waals surface area contributed by atoms with Crippen LogP contribution in [0.3, 0.4) is 0 Å². The fourth-order valence-electron chi connectivity index (χ4n) is 1.74. The van der Waals surface area contributed by atoms with Gasteiger partial charge in [0.05, 0.1) is 6.42 Å². The van der Waals surface area contributed by atoms with Gasteiger partial charge in [-0.25, -0.2) is 0 Å². The summed E-state index contributed by atoms with van der Waals surface area (Å²) in [5, 5.41) is 12.6. The molecule has 0 fully saturated rings. The number of nitrogens with one attached hydrogen (secondary N) is 1. The highest BCUT2D eigenvalue weighted by Gasteiger charge is 2.23. The number of benzene rings is 1. The molecule has 1 atom stereocenters. The quantitative estimate of drug-likeness (QED) is 0.834. The van der Waals surface area contributed by atoms with E-state index in [1.165, 1.54) is 0 Å². The molecule has 1 aromatic carbocycles. The van der Waals surface area contributed by atoms with Gasteiger partial charge in [0.25, 0.3) is 0 Å². The van der Waals surface area contributed by atoms with Crippen LogP contribution >= 0.6 is 11.6 Å². The first-order valence-corrected chi connectivity index (χ1v) is 6.53. The van der Waals surface area contributed by atoms with Crippen LogP contribution in [0.2, 0.25) is 5.02 Å². The zero-order chi connectivity index (χ0) is 13.6. The summed E-state index contributed by atoms with van der Waals surface area (Å²) in [6.07, 6.45) is 1.69. The molecule has 0 heterocycles. The Labute approximate surface area is 113 Å². The highest BCUT2D eigenvalue weighted by Crippen LogP contribution is 2.15. The predicted molar refractivity (Wildman–Crippen MR) is 73.7 cm³/mol. The number of aliphatic hydroxyl groups excluding tert-OH is 1. The zero-order valence-corrected chi connectivity index (χ0v) is 11.6. The van der Waals surface area contributed by atoms with E-state index in [0.29, 0.717) is 17.9 Å². The van der Waals surface area contributed by atoms with Crippen molar-refractivity contribution >= 4 is 17.5 Å². The highest BCUT2D eigenvalue weighted by molar-refractivity contribution is 6.30. The molecule has 0 spiro atoms. The maximum Gasteiger partial charge on any atom is 0.224 e. The number of hydrogen-bond donors (Lipinski definition) is 2. The van der Waals surface area contributed by atoms with Crippen molar-refractivity contribution in [3.05, 3.63) is 34.9 Å². The third kappa shape index (κ3) is 4.67. The minimum Gasteiger partial charge on any atom is -0.396 e. The highest BCUT2D eigenvalue weighted by atomic mass is 35.5.